The van der Waals surface area contributed by atoms with Gasteiger partial charge in [0.05, 0.1) is 16.2 Å². The number of aromatic hydroxyl groups is 1. The molecule has 138 valence electrons. The topological polar surface area (TPSA) is 90.2 Å². The van der Waals surface area contributed by atoms with Crippen LogP contribution in [0, 0.1) is 0 Å². The molecule has 27 heavy (non-hydrogen) atoms. The van der Waals surface area contributed by atoms with Gasteiger partial charge < -0.3 is 10.2 Å². The number of carboxylic acids is 1. The Morgan fingerprint density at radius 3 is 2.78 bits per heavy atom. The summed E-state index contributed by atoms with van der Waals surface area (Å²) < 4.78 is 0. The van der Waals surface area contributed by atoms with Crippen LogP contribution in [0.2, 0.25) is 5.02 Å². The van der Waals surface area contributed by atoms with Crippen LogP contribution in [0.15, 0.2) is 52.4 Å². The molecule has 6 nitrogen and oxygen atoms in total. The van der Waals surface area contributed by atoms with Crippen molar-refractivity contribution in [2.75, 3.05) is 6.54 Å². The summed E-state index contributed by atoms with van der Waals surface area (Å²) in [6, 6.07) is 10.8. The summed E-state index contributed by atoms with van der Waals surface area (Å²) in [7, 11) is 0. The van der Waals surface area contributed by atoms with Crippen LogP contribution in [-0.2, 0) is 4.79 Å². The van der Waals surface area contributed by atoms with Crippen LogP contribution in [0.5, 0.6) is 5.75 Å². The van der Waals surface area contributed by atoms with Gasteiger partial charge in [0.15, 0.2) is 5.17 Å². The van der Waals surface area contributed by atoms with Crippen LogP contribution >= 0.6 is 23.4 Å². The maximum absolute atomic E-state index is 12.7. The predicted octanol–water partition coefficient (Wildman–Crippen LogP) is 4.37. The Morgan fingerprint density at radius 2 is 2.07 bits per heavy atom. The molecule has 1 fully saturated rings. The van der Waals surface area contributed by atoms with Crippen molar-refractivity contribution in [3.8, 4) is 5.75 Å². The van der Waals surface area contributed by atoms with E-state index in [0.29, 0.717) is 32.9 Å². The summed E-state index contributed by atoms with van der Waals surface area (Å²) in [5, 5.41) is 20.0. The van der Waals surface area contributed by atoms with E-state index in [1.54, 1.807) is 30.3 Å². The van der Waals surface area contributed by atoms with Crippen LogP contribution in [0.3, 0.4) is 0 Å². The number of thioether (sulfide) groups is 1. The van der Waals surface area contributed by atoms with E-state index < -0.39 is 5.97 Å². The molecule has 0 saturated carbocycles. The van der Waals surface area contributed by atoms with Gasteiger partial charge in [-0.2, -0.15) is 0 Å². The van der Waals surface area contributed by atoms with Gasteiger partial charge in [-0.15, -0.1) is 0 Å². The highest BCUT2D eigenvalue weighted by Gasteiger charge is 2.32. The minimum atomic E-state index is -1.04. The third-order valence-electron chi connectivity index (χ3n) is 3.80. The molecule has 1 heterocycles. The largest absolute Gasteiger partial charge is 0.507 e. The highest BCUT2D eigenvalue weighted by molar-refractivity contribution is 8.18. The fraction of sp³-hybridized carbons (Fsp3) is 0.105. The Bertz CT molecular complexity index is 987. The van der Waals surface area contributed by atoms with E-state index in [-0.39, 0.29) is 17.2 Å². The third kappa shape index (κ3) is 4.15. The zero-order valence-electron chi connectivity index (χ0n) is 14.2. The normalized spacial score (nSPS) is 17.1. The molecule has 0 spiro atoms. The van der Waals surface area contributed by atoms with Crippen molar-refractivity contribution in [3.63, 3.8) is 0 Å². The lowest BCUT2D eigenvalue weighted by atomic mass is 10.2. The number of benzene rings is 2. The summed E-state index contributed by atoms with van der Waals surface area (Å²) in [5.41, 5.74) is 0.993. The van der Waals surface area contributed by atoms with Crippen molar-refractivity contribution >= 4 is 52.2 Å². The SMILES string of the molecule is CCN1C(=O)/C(=C\c2cc(Cl)ccc2O)SC1=Nc1cccc(C(=O)O)c1. The Labute approximate surface area is 164 Å². The predicted molar refractivity (Wildman–Crippen MR) is 107 cm³/mol. The molecular formula is C19H15ClN2O4S. The molecule has 2 N–H and O–H groups in total. The van der Waals surface area contributed by atoms with E-state index in [0.717, 1.165) is 11.8 Å². The number of halogens is 1. The molecule has 8 heteroatoms. The first-order chi connectivity index (χ1) is 12.9. The number of aliphatic imine (C=N–C) groups is 1. The van der Waals surface area contributed by atoms with Crippen molar-refractivity contribution in [3.05, 3.63) is 63.5 Å². The Kier molecular flexibility index (Phi) is 5.53. The van der Waals surface area contributed by atoms with Crippen molar-refractivity contribution in [1.29, 1.82) is 0 Å². The van der Waals surface area contributed by atoms with Crippen molar-refractivity contribution in [2.24, 2.45) is 4.99 Å². The van der Waals surface area contributed by atoms with Crippen molar-refractivity contribution < 1.29 is 19.8 Å². The first-order valence-corrected chi connectivity index (χ1v) is 9.20. The fourth-order valence-electron chi connectivity index (χ4n) is 2.47. The van der Waals surface area contributed by atoms with Crippen LogP contribution < -0.4 is 0 Å². The second-order valence-corrected chi connectivity index (χ2v) is 7.06. The number of phenolic OH excluding ortho intramolecular Hbond substituents is 1. The molecule has 1 aliphatic heterocycles. The highest BCUT2D eigenvalue weighted by atomic mass is 35.5. The number of carbonyl (C=O) groups excluding carboxylic acids is 1. The minimum absolute atomic E-state index is 0.0166. The van der Waals surface area contributed by atoms with E-state index in [1.807, 2.05) is 6.92 Å². The van der Waals surface area contributed by atoms with Gasteiger partial charge in [0.25, 0.3) is 5.91 Å². The lowest BCUT2D eigenvalue weighted by Crippen LogP contribution is -2.28. The van der Waals surface area contributed by atoms with E-state index in [2.05, 4.69) is 4.99 Å². The first kappa shape index (κ1) is 19.0. The number of likely N-dealkylation sites (N-methyl/N-ethyl adjacent to an activating group) is 1. The number of hydrogen-bond donors (Lipinski definition) is 2. The quantitative estimate of drug-likeness (QED) is 0.741. The van der Waals surface area contributed by atoms with Gasteiger partial charge >= 0.3 is 5.97 Å². The second kappa shape index (κ2) is 7.85. The Balaban J connectivity index is 1.97. The number of amides is 1. The molecule has 1 aliphatic rings. The van der Waals surface area contributed by atoms with Gasteiger partial charge in [-0.25, -0.2) is 9.79 Å². The number of rotatable bonds is 4. The van der Waals surface area contributed by atoms with E-state index in [4.69, 9.17) is 16.7 Å². The molecule has 0 aliphatic carbocycles. The monoisotopic (exact) mass is 402 g/mol. The van der Waals surface area contributed by atoms with Gasteiger partial charge in [-0.05, 0) is 61.2 Å². The number of nitrogens with zero attached hydrogens (tertiary/aromatic N) is 2. The van der Waals surface area contributed by atoms with E-state index in [1.165, 1.54) is 23.1 Å². The van der Waals surface area contributed by atoms with Gasteiger partial charge in [0.2, 0.25) is 0 Å². The molecule has 1 saturated heterocycles. The molecule has 0 aromatic heterocycles. The number of carboxylic acid groups (broad SMARTS) is 1. The highest BCUT2D eigenvalue weighted by Crippen LogP contribution is 2.35. The summed E-state index contributed by atoms with van der Waals surface area (Å²) in [4.78, 5) is 30.1. The molecule has 0 atom stereocenters. The van der Waals surface area contributed by atoms with Gasteiger partial charge in [-0.3, -0.25) is 9.69 Å². The summed E-state index contributed by atoms with van der Waals surface area (Å²) in [6.07, 6.45) is 1.56. The molecule has 0 bridgehead atoms. The number of phenols is 1. The van der Waals surface area contributed by atoms with E-state index in [9.17, 15) is 14.7 Å². The van der Waals surface area contributed by atoms with Gasteiger partial charge in [-0.1, -0.05) is 17.7 Å². The lowest BCUT2D eigenvalue weighted by Gasteiger charge is -2.12. The molecule has 2 aromatic carbocycles. The third-order valence-corrected chi connectivity index (χ3v) is 5.04. The van der Waals surface area contributed by atoms with Crippen LogP contribution in [0.25, 0.3) is 6.08 Å². The van der Waals surface area contributed by atoms with Crippen LogP contribution in [0.1, 0.15) is 22.8 Å². The molecule has 0 unspecified atom stereocenters. The molecule has 1 amide bonds. The maximum atomic E-state index is 12.7. The van der Waals surface area contributed by atoms with E-state index >= 15 is 0 Å². The van der Waals surface area contributed by atoms with Crippen molar-refractivity contribution in [2.45, 2.75) is 6.92 Å². The van der Waals surface area contributed by atoms with Gasteiger partial charge in [0.1, 0.15) is 5.75 Å². The Hall–Kier alpha value is -2.77. The summed E-state index contributed by atoms with van der Waals surface area (Å²) in [6.45, 7) is 2.23. The van der Waals surface area contributed by atoms with Crippen LogP contribution in [-0.4, -0.2) is 38.7 Å². The maximum Gasteiger partial charge on any atom is 0.335 e. The molecule has 2 aromatic rings. The summed E-state index contributed by atoms with van der Waals surface area (Å²) in [5.74, 6) is -1.27. The van der Waals surface area contributed by atoms with Crippen LogP contribution in [0.4, 0.5) is 5.69 Å². The number of aromatic carboxylic acids is 1. The minimum Gasteiger partial charge on any atom is -0.507 e. The smallest absolute Gasteiger partial charge is 0.335 e. The zero-order valence-corrected chi connectivity index (χ0v) is 15.8. The average Bonchev–Trinajstić information content (AvgIpc) is 2.93. The van der Waals surface area contributed by atoms with Crippen molar-refractivity contribution in [1.82, 2.24) is 4.90 Å². The molecule has 0 radical (unpaired) electrons. The fourth-order valence-corrected chi connectivity index (χ4v) is 3.71. The summed E-state index contributed by atoms with van der Waals surface area (Å²) >= 11 is 7.11. The number of carbonyl (C=O) groups is 2. The standard InChI is InChI=1S/C19H15ClN2O4S/c1-2-22-17(24)16(10-12-8-13(20)6-7-15(12)23)27-19(22)21-14-5-3-4-11(9-14)18(25)26/h3-10,23H,2H2,1H3,(H,25,26)/b16-10+,21-19?. The average molecular weight is 403 g/mol. The molecular weight excluding hydrogens is 388 g/mol. The number of hydrogen-bond acceptors (Lipinski definition) is 5. The number of amidine groups is 1. The Morgan fingerprint density at radius 1 is 1.30 bits per heavy atom. The first-order valence-electron chi connectivity index (χ1n) is 8.01. The molecule has 3 rings (SSSR count). The second-order valence-electron chi connectivity index (χ2n) is 5.61. The lowest BCUT2D eigenvalue weighted by molar-refractivity contribution is -0.122. The van der Waals surface area contributed by atoms with Gasteiger partial charge in [0, 0.05) is 17.1 Å². The zero-order chi connectivity index (χ0) is 19.6.